The number of carbonyl (C=O) groups excluding carboxylic acids is 3. The number of halogens is 3. The number of hydrogen-bond donors (Lipinski definition) is 2. The Kier molecular flexibility index (Phi) is 8.85. The summed E-state index contributed by atoms with van der Waals surface area (Å²) in [5, 5.41) is 9.14. The van der Waals surface area contributed by atoms with Crippen LogP contribution in [0.5, 0.6) is 11.5 Å². The predicted molar refractivity (Wildman–Crippen MR) is 126 cm³/mol. The van der Waals surface area contributed by atoms with Crippen molar-refractivity contribution in [2.45, 2.75) is 30.0 Å². The molecule has 1 aliphatic heterocycles. The van der Waals surface area contributed by atoms with Crippen molar-refractivity contribution < 1.29 is 45.9 Å². The number of rotatable bonds is 10. The van der Waals surface area contributed by atoms with Crippen molar-refractivity contribution in [1.29, 1.82) is 0 Å². The fraction of sp³-hybridized carbons (Fsp3) is 0.304. The van der Waals surface area contributed by atoms with Gasteiger partial charge >= 0.3 is 12.2 Å². The van der Waals surface area contributed by atoms with E-state index < -0.39 is 65.4 Å². The molecule has 0 fully saturated rings. The molecule has 2 aromatic rings. The number of sulfonamides is 1. The number of hydroxylamine groups is 1. The van der Waals surface area contributed by atoms with Gasteiger partial charge in [0.1, 0.15) is 17.5 Å². The number of benzene rings is 2. The molecule has 0 aliphatic carbocycles. The molecule has 0 radical (unpaired) electrons. The number of amides is 4. The first-order valence-electron chi connectivity index (χ1n) is 11.0. The molecule has 0 saturated heterocycles. The number of aliphatic imine (C=N–C) groups is 1. The van der Waals surface area contributed by atoms with Gasteiger partial charge in [-0.1, -0.05) is 18.2 Å². The molecule has 0 aromatic heterocycles. The minimum atomic E-state index is -4.70. The monoisotopic (exact) mass is 556 g/mol. The van der Waals surface area contributed by atoms with Crippen LogP contribution >= 0.6 is 0 Å². The number of carbonyl (C=O) groups is 3. The summed E-state index contributed by atoms with van der Waals surface area (Å²) in [6.45, 7) is -0.634. The number of ether oxygens (including phenoxy) is 1. The minimum Gasteiger partial charge on any atom is -0.457 e. The Morgan fingerprint density at radius 1 is 1.13 bits per heavy atom. The summed E-state index contributed by atoms with van der Waals surface area (Å²) in [5.41, 5.74) is 1.32. The fourth-order valence-corrected chi connectivity index (χ4v) is 4.97. The van der Waals surface area contributed by atoms with E-state index in [1.54, 1.807) is 30.3 Å². The molecule has 0 spiro atoms. The number of hydrogen-bond acceptors (Lipinski definition) is 7. The molecular weight excluding hydrogens is 533 g/mol. The van der Waals surface area contributed by atoms with Crippen molar-refractivity contribution in [3.63, 3.8) is 0 Å². The van der Waals surface area contributed by atoms with Gasteiger partial charge in [0.05, 0.1) is 17.2 Å². The third-order valence-corrected chi connectivity index (χ3v) is 7.47. The fourth-order valence-electron chi connectivity index (χ4n) is 3.62. The quantitative estimate of drug-likeness (QED) is 0.338. The molecule has 11 nitrogen and oxygen atoms in total. The zero-order valence-electron chi connectivity index (χ0n) is 19.8. The molecule has 15 heteroatoms. The zero-order valence-corrected chi connectivity index (χ0v) is 20.6. The number of nitrogens with zero attached hydrogens (tertiary/aromatic N) is 3. The van der Waals surface area contributed by atoms with E-state index in [-0.39, 0.29) is 4.90 Å². The molecule has 38 heavy (non-hydrogen) atoms. The van der Waals surface area contributed by atoms with Crippen LogP contribution in [0.3, 0.4) is 0 Å². The normalized spacial score (nSPS) is 17.0. The summed E-state index contributed by atoms with van der Waals surface area (Å²) in [6.07, 6.45) is -6.18. The average molecular weight is 557 g/mol. The average Bonchev–Trinajstić information content (AvgIpc) is 2.87. The Bertz CT molecular complexity index is 1300. The molecule has 2 unspecified atom stereocenters. The molecule has 1 heterocycles. The summed E-state index contributed by atoms with van der Waals surface area (Å²) in [6, 6.07) is 11.1. The number of nitrogens with one attached hydrogen (secondary N) is 1. The first kappa shape index (κ1) is 28.7. The molecule has 1 aliphatic rings. The van der Waals surface area contributed by atoms with Gasteiger partial charge in [-0.15, -0.1) is 0 Å². The molecule has 4 amide bonds. The number of alkyl halides is 3. The third kappa shape index (κ3) is 6.93. The van der Waals surface area contributed by atoms with Crippen LogP contribution in [0.4, 0.5) is 18.0 Å². The maximum Gasteiger partial charge on any atom is 0.390 e. The van der Waals surface area contributed by atoms with Crippen LogP contribution in [-0.4, -0.2) is 72.7 Å². The lowest BCUT2D eigenvalue weighted by Gasteiger charge is -2.30. The number of imide groups is 1. The standard InChI is InChI=1S/C23H23F3N4O7S/c1-29(38(35,36)18-9-7-17(8-10-18)37-16-5-3-2-4-6-16)19(20(31)28-34)11-12-30-21(32)15(13-23(24,25)26)14-27-22(30)33/h2-10,14-15,19,34H,11-13H2,1H3,(H,28,31). The molecule has 2 N–H and O–H groups in total. The van der Waals surface area contributed by atoms with E-state index in [9.17, 15) is 36.0 Å². The molecule has 2 aromatic carbocycles. The highest BCUT2D eigenvalue weighted by Crippen LogP contribution is 2.28. The van der Waals surface area contributed by atoms with Crippen molar-refractivity contribution in [3.8, 4) is 11.5 Å². The summed E-state index contributed by atoms with van der Waals surface area (Å²) in [7, 11) is -3.32. The van der Waals surface area contributed by atoms with Gasteiger partial charge in [-0.25, -0.2) is 23.7 Å². The maximum atomic E-state index is 13.2. The zero-order chi connectivity index (χ0) is 28.1. The van der Waals surface area contributed by atoms with Crippen molar-refractivity contribution in [1.82, 2.24) is 14.7 Å². The Labute approximate surface area is 215 Å². The van der Waals surface area contributed by atoms with E-state index in [1.807, 2.05) is 0 Å². The number of para-hydroxylation sites is 1. The lowest BCUT2D eigenvalue weighted by molar-refractivity contribution is -0.153. The van der Waals surface area contributed by atoms with Gasteiger partial charge in [-0.3, -0.25) is 19.7 Å². The van der Waals surface area contributed by atoms with Gasteiger partial charge in [0.15, 0.2) is 0 Å². The van der Waals surface area contributed by atoms with Gasteiger partial charge in [0.2, 0.25) is 15.9 Å². The maximum absolute atomic E-state index is 13.2. The second-order valence-corrected chi connectivity index (χ2v) is 10.2. The Hall–Kier alpha value is -3.82. The van der Waals surface area contributed by atoms with Crippen molar-refractivity contribution >= 4 is 34.1 Å². The Morgan fingerprint density at radius 3 is 2.32 bits per heavy atom. The summed E-state index contributed by atoms with van der Waals surface area (Å²) >= 11 is 0. The molecule has 0 saturated carbocycles. The van der Waals surface area contributed by atoms with Gasteiger partial charge in [0, 0.05) is 19.8 Å². The SMILES string of the molecule is CN(C(CCN1C(=O)N=CC(CC(F)(F)F)C1=O)C(=O)NO)S(=O)(=O)c1ccc(Oc2ccccc2)cc1. The third-order valence-electron chi connectivity index (χ3n) is 5.59. The first-order chi connectivity index (χ1) is 17.8. The minimum absolute atomic E-state index is 0.240. The van der Waals surface area contributed by atoms with Gasteiger partial charge in [0.25, 0.3) is 5.91 Å². The first-order valence-corrected chi connectivity index (χ1v) is 12.5. The lowest BCUT2D eigenvalue weighted by atomic mass is 10.0. The predicted octanol–water partition coefficient (Wildman–Crippen LogP) is 2.97. The highest BCUT2D eigenvalue weighted by molar-refractivity contribution is 7.89. The second kappa shape index (κ2) is 11.7. The van der Waals surface area contributed by atoms with Crippen LogP contribution in [0.2, 0.25) is 0 Å². The van der Waals surface area contributed by atoms with Crippen LogP contribution in [0.1, 0.15) is 12.8 Å². The topological polar surface area (TPSA) is 146 Å². The van der Waals surface area contributed by atoms with E-state index in [0.717, 1.165) is 7.05 Å². The summed E-state index contributed by atoms with van der Waals surface area (Å²) < 4.78 is 70.9. The van der Waals surface area contributed by atoms with E-state index in [0.29, 0.717) is 26.9 Å². The van der Waals surface area contributed by atoms with E-state index in [1.165, 1.54) is 29.7 Å². The van der Waals surface area contributed by atoms with Gasteiger partial charge < -0.3 is 4.74 Å². The van der Waals surface area contributed by atoms with Crippen LogP contribution in [-0.2, 0) is 19.6 Å². The van der Waals surface area contributed by atoms with Crippen molar-refractivity contribution in [2.75, 3.05) is 13.6 Å². The van der Waals surface area contributed by atoms with Crippen LogP contribution in [0.25, 0.3) is 0 Å². The highest BCUT2D eigenvalue weighted by atomic mass is 32.2. The number of likely N-dealkylation sites (N-methyl/N-ethyl adjacent to an activating group) is 1. The molecule has 3 rings (SSSR count). The second-order valence-electron chi connectivity index (χ2n) is 8.16. The molecule has 2 atom stereocenters. The van der Waals surface area contributed by atoms with Crippen LogP contribution < -0.4 is 10.2 Å². The molecule has 0 bridgehead atoms. The van der Waals surface area contributed by atoms with Crippen LogP contribution in [0, 0.1) is 5.92 Å². The summed E-state index contributed by atoms with van der Waals surface area (Å²) in [4.78, 5) is 40.3. The van der Waals surface area contributed by atoms with E-state index in [4.69, 9.17) is 9.94 Å². The lowest BCUT2D eigenvalue weighted by Crippen LogP contribution is -2.50. The smallest absolute Gasteiger partial charge is 0.390 e. The Morgan fingerprint density at radius 2 is 1.74 bits per heavy atom. The number of urea groups is 1. The van der Waals surface area contributed by atoms with E-state index >= 15 is 0 Å². The van der Waals surface area contributed by atoms with Crippen molar-refractivity contribution in [2.24, 2.45) is 10.9 Å². The van der Waals surface area contributed by atoms with E-state index in [2.05, 4.69) is 4.99 Å². The van der Waals surface area contributed by atoms with Gasteiger partial charge in [-0.2, -0.15) is 17.5 Å². The highest BCUT2D eigenvalue weighted by Gasteiger charge is 2.41. The van der Waals surface area contributed by atoms with Gasteiger partial charge in [-0.05, 0) is 42.8 Å². The largest absolute Gasteiger partial charge is 0.457 e. The molecular formula is C23H23F3N4O7S. The Balaban J connectivity index is 1.75. The van der Waals surface area contributed by atoms with Crippen molar-refractivity contribution in [3.05, 3.63) is 54.6 Å². The molecule has 204 valence electrons. The summed E-state index contributed by atoms with van der Waals surface area (Å²) in [5.74, 6) is -3.27. The van der Waals surface area contributed by atoms with Crippen LogP contribution in [0.15, 0.2) is 64.5 Å².